The Morgan fingerprint density at radius 1 is 1.42 bits per heavy atom. The lowest BCUT2D eigenvalue weighted by molar-refractivity contribution is -0.115. The topological polar surface area (TPSA) is 103 Å². The van der Waals surface area contributed by atoms with Crippen LogP contribution in [0.3, 0.4) is 0 Å². The minimum Gasteiger partial charge on any atom is -0.433 e. The summed E-state index contributed by atoms with van der Waals surface area (Å²) in [7, 11) is -3.09. The molecule has 2 heterocycles. The third-order valence-electron chi connectivity index (χ3n) is 4.67. The number of hydrogen-bond acceptors (Lipinski definition) is 7. The van der Waals surface area contributed by atoms with Crippen molar-refractivity contribution in [3.05, 3.63) is 42.7 Å². The number of ether oxygens (including phenoxy) is 1. The molecule has 2 aromatic rings. The van der Waals surface area contributed by atoms with Gasteiger partial charge in [-0.25, -0.2) is 8.42 Å². The van der Waals surface area contributed by atoms with Crippen LogP contribution in [0.1, 0.15) is 25.1 Å². The zero-order chi connectivity index (χ0) is 22.6. The first-order valence-corrected chi connectivity index (χ1v) is 12.2. The highest BCUT2D eigenvalue weighted by atomic mass is 32.2. The number of alkyl halides is 2. The summed E-state index contributed by atoms with van der Waals surface area (Å²) < 4.78 is 55.0. The van der Waals surface area contributed by atoms with Gasteiger partial charge in [0.1, 0.15) is 11.6 Å². The summed E-state index contributed by atoms with van der Waals surface area (Å²) in [6.45, 7) is 2.71. The van der Waals surface area contributed by atoms with Crippen LogP contribution in [0.25, 0.3) is 0 Å². The Kier molecular flexibility index (Phi) is 7.31. The number of benzene rings is 1. The Bertz CT molecular complexity index is 1060. The lowest BCUT2D eigenvalue weighted by atomic mass is 10.1. The van der Waals surface area contributed by atoms with Crippen molar-refractivity contribution in [2.24, 2.45) is 0 Å². The molecule has 0 spiro atoms. The molecular formula is C19H22F2N4O4S2. The molecular weight excluding hydrogens is 450 g/mol. The number of rotatable bonds is 9. The van der Waals surface area contributed by atoms with E-state index in [1.54, 1.807) is 23.6 Å². The molecule has 0 aliphatic carbocycles. The van der Waals surface area contributed by atoms with Crippen molar-refractivity contribution in [2.75, 3.05) is 16.8 Å². The smallest absolute Gasteiger partial charge is 0.387 e. The van der Waals surface area contributed by atoms with Gasteiger partial charge in [0, 0.05) is 12.5 Å². The van der Waals surface area contributed by atoms with Crippen LogP contribution < -0.4 is 10.1 Å². The van der Waals surface area contributed by atoms with Crippen LogP contribution in [0, 0.1) is 0 Å². The van der Waals surface area contributed by atoms with Gasteiger partial charge in [-0.2, -0.15) is 8.78 Å². The minimum absolute atomic E-state index is 0.0178. The second kappa shape index (κ2) is 9.77. The Morgan fingerprint density at radius 2 is 2.16 bits per heavy atom. The van der Waals surface area contributed by atoms with Gasteiger partial charge in [-0.3, -0.25) is 4.79 Å². The van der Waals surface area contributed by atoms with E-state index >= 15 is 0 Å². The monoisotopic (exact) mass is 472 g/mol. The van der Waals surface area contributed by atoms with Gasteiger partial charge >= 0.3 is 6.61 Å². The van der Waals surface area contributed by atoms with Crippen molar-refractivity contribution in [2.45, 2.75) is 42.8 Å². The molecule has 1 fully saturated rings. The summed E-state index contributed by atoms with van der Waals surface area (Å²) in [5.74, 6) is -0.152. The molecule has 1 aliphatic rings. The molecule has 1 aromatic heterocycles. The summed E-state index contributed by atoms with van der Waals surface area (Å²) in [4.78, 5) is 12.6. The predicted molar refractivity (Wildman–Crippen MR) is 113 cm³/mol. The molecule has 31 heavy (non-hydrogen) atoms. The number of carbonyl (C=O) groups is 1. The second-order valence-corrected chi connectivity index (χ2v) is 10.5. The molecule has 1 aliphatic heterocycles. The predicted octanol–water partition coefficient (Wildman–Crippen LogP) is 3.09. The van der Waals surface area contributed by atoms with E-state index < -0.39 is 27.6 Å². The van der Waals surface area contributed by atoms with E-state index in [0.717, 1.165) is 11.8 Å². The Balaban J connectivity index is 1.74. The van der Waals surface area contributed by atoms with E-state index in [4.69, 9.17) is 0 Å². The molecule has 3 rings (SSSR count). The van der Waals surface area contributed by atoms with Gasteiger partial charge in [0.05, 0.1) is 22.4 Å². The third-order valence-corrected chi connectivity index (χ3v) is 7.52. The first-order valence-electron chi connectivity index (χ1n) is 9.46. The highest BCUT2D eigenvalue weighted by Crippen LogP contribution is 2.32. The van der Waals surface area contributed by atoms with Crippen molar-refractivity contribution in [3.63, 3.8) is 0 Å². The maximum Gasteiger partial charge on any atom is 0.387 e. The van der Waals surface area contributed by atoms with Crippen LogP contribution in [0.4, 0.5) is 14.5 Å². The number of carbonyl (C=O) groups excluding carboxylic acids is 1. The van der Waals surface area contributed by atoms with Gasteiger partial charge in [0.25, 0.3) is 0 Å². The number of nitrogens with one attached hydrogen (secondary N) is 1. The average Bonchev–Trinajstić information content (AvgIpc) is 3.26. The molecule has 2 unspecified atom stereocenters. The zero-order valence-corrected chi connectivity index (χ0v) is 18.3. The van der Waals surface area contributed by atoms with Gasteiger partial charge in [-0.05, 0) is 25.5 Å². The van der Waals surface area contributed by atoms with Crippen molar-refractivity contribution in [1.82, 2.24) is 14.8 Å². The number of anilines is 1. The van der Waals surface area contributed by atoms with Crippen LogP contribution in [-0.4, -0.2) is 52.5 Å². The summed E-state index contributed by atoms with van der Waals surface area (Å²) in [6, 6.07) is 5.91. The molecule has 1 saturated heterocycles. The molecule has 1 aromatic carbocycles. The lowest BCUT2D eigenvalue weighted by Gasteiger charge is -2.15. The van der Waals surface area contributed by atoms with Crippen LogP contribution in [0.5, 0.6) is 5.75 Å². The number of amides is 1. The summed E-state index contributed by atoms with van der Waals surface area (Å²) in [6.07, 6.45) is 2.11. The standard InChI is InChI=1S/C19H22F2N4O4S2/c1-3-9-25-16(13-8-10-31(27,28)11-13)23-24-19(25)30-12(2)17(26)22-14-6-4-5-7-15(14)29-18(20)21/h3-7,12-13,18H,1,8-11H2,2H3,(H,22,26). The molecule has 8 nitrogen and oxygen atoms in total. The lowest BCUT2D eigenvalue weighted by Crippen LogP contribution is -2.23. The zero-order valence-electron chi connectivity index (χ0n) is 16.7. The number of para-hydroxylation sites is 2. The Morgan fingerprint density at radius 3 is 2.81 bits per heavy atom. The van der Waals surface area contributed by atoms with E-state index in [1.807, 2.05) is 0 Å². The number of hydrogen-bond donors (Lipinski definition) is 1. The fraction of sp³-hybridized carbons (Fsp3) is 0.421. The fourth-order valence-corrected chi connectivity index (χ4v) is 5.81. The number of thioether (sulfide) groups is 1. The van der Waals surface area contributed by atoms with Crippen LogP contribution >= 0.6 is 11.8 Å². The molecule has 0 saturated carbocycles. The normalized spacial score (nSPS) is 18.6. The van der Waals surface area contributed by atoms with Gasteiger partial charge in [0.2, 0.25) is 5.91 Å². The van der Waals surface area contributed by atoms with Crippen LogP contribution in [0.2, 0.25) is 0 Å². The maximum atomic E-state index is 12.6. The van der Waals surface area contributed by atoms with Gasteiger partial charge in [-0.1, -0.05) is 30.0 Å². The van der Waals surface area contributed by atoms with E-state index in [-0.39, 0.29) is 28.9 Å². The summed E-state index contributed by atoms with van der Waals surface area (Å²) in [5.41, 5.74) is 0.129. The van der Waals surface area contributed by atoms with Gasteiger partial charge in [0.15, 0.2) is 15.0 Å². The minimum atomic E-state index is -3.09. The average molecular weight is 473 g/mol. The summed E-state index contributed by atoms with van der Waals surface area (Å²) >= 11 is 1.13. The fourth-order valence-electron chi connectivity index (χ4n) is 3.20. The van der Waals surface area contributed by atoms with E-state index in [2.05, 4.69) is 26.8 Å². The number of sulfone groups is 1. The van der Waals surface area contributed by atoms with Crippen LogP contribution in [-0.2, 0) is 21.2 Å². The first kappa shape index (κ1) is 23.2. The van der Waals surface area contributed by atoms with Crippen molar-refractivity contribution in [1.29, 1.82) is 0 Å². The molecule has 1 amide bonds. The van der Waals surface area contributed by atoms with Crippen molar-refractivity contribution < 1.29 is 26.7 Å². The number of allylic oxidation sites excluding steroid dienone is 1. The first-order chi connectivity index (χ1) is 14.7. The Labute approximate surface area is 183 Å². The van der Waals surface area contributed by atoms with E-state index in [1.165, 1.54) is 18.2 Å². The molecule has 2 atom stereocenters. The van der Waals surface area contributed by atoms with E-state index in [0.29, 0.717) is 23.9 Å². The Hall–Kier alpha value is -2.47. The molecule has 0 radical (unpaired) electrons. The van der Waals surface area contributed by atoms with Crippen molar-refractivity contribution in [3.8, 4) is 5.75 Å². The quantitative estimate of drug-likeness (QED) is 0.442. The second-order valence-electron chi connectivity index (χ2n) is 6.96. The van der Waals surface area contributed by atoms with Crippen LogP contribution in [0.15, 0.2) is 42.1 Å². The van der Waals surface area contributed by atoms with Gasteiger partial charge in [-0.15, -0.1) is 16.8 Å². The highest BCUT2D eigenvalue weighted by molar-refractivity contribution is 8.00. The molecule has 0 bridgehead atoms. The SMILES string of the molecule is C=CCn1c(SC(C)C(=O)Nc2ccccc2OC(F)F)nnc1C1CCS(=O)(=O)C1. The largest absolute Gasteiger partial charge is 0.433 e. The third kappa shape index (κ3) is 5.82. The number of nitrogens with zero attached hydrogens (tertiary/aromatic N) is 3. The molecule has 1 N–H and O–H groups in total. The maximum absolute atomic E-state index is 12.6. The number of aromatic nitrogens is 3. The van der Waals surface area contributed by atoms with Gasteiger partial charge < -0.3 is 14.6 Å². The van der Waals surface area contributed by atoms with Crippen molar-refractivity contribution >= 4 is 33.2 Å². The highest BCUT2D eigenvalue weighted by Gasteiger charge is 2.33. The summed E-state index contributed by atoms with van der Waals surface area (Å²) in [5, 5.41) is 10.7. The molecule has 168 valence electrons. The molecule has 12 heteroatoms. The number of halogens is 2. The van der Waals surface area contributed by atoms with E-state index in [9.17, 15) is 22.0 Å².